The lowest BCUT2D eigenvalue weighted by Gasteiger charge is -2.08. The largest absolute Gasteiger partial charge is 0.493 e. The van der Waals surface area contributed by atoms with Crippen LogP contribution >= 0.6 is 0 Å². The zero-order valence-electron chi connectivity index (χ0n) is 13.8. The maximum absolute atomic E-state index is 12.9. The van der Waals surface area contributed by atoms with Crippen LogP contribution in [-0.4, -0.2) is 18.6 Å². The molecule has 0 aliphatic carbocycles. The topological polar surface area (TPSA) is 47.9 Å². The van der Waals surface area contributed by atoms with Gasteiger partial charge in [-0.15, -0.1) is 0 Å². The average molecular weight is 331 g/mol. The second kappa shape index (κ2) is 7.93. The van der Waals surface area contributed by atoms with E-state index in [-0.39, 0.29) is 11.5 Å². The predicted molar refractivity (Wildman–Crippen MR) is 97.4 cm³/mol. The van der Waals surface area contributed by atoms with Gasteiger partial charge in [0, 0.05) is 11.1 Å². The lowest BCUT2D eigenvalue weighted by atomic mass is 10.0. The number of oxime groups is 1. The zero-order chi connectivity index (χ0) is 17.5. The van der Waals surface area contributed by atoms with Gasteiger partial charge in [0.1, 0.15) is 0 Å². The van der Waals surface area contributed by atoms with Crippen molar-refractivity contribution in [2.75, 3.05) is 7.11 Å². The first-order valence-electron chi connectivity index (χ1n) is 7.83. The first-order chi connectivity index (χ1) is 12.3. The van der Waals surface area contributed by atoms with Gasteiger partial charge in [-0.3, -0.25) is 4.79 Å². The molecule has 0 N–H and O–H groups in total. The molecular weight excluding hydrogens is 314 g/mol. The maximum Gasteiger partial charge on any atom is 0.215 e. The number of nitrogens with zero attached hydrogens (tertiary/aromatic N) is 1. The van der Waals surface area contributed by atoms with Gasteiger partial charge < -0.3 is 9.57 Å². The third-order valence-electron chi connectivity index (χ3n) is 3.60. The average Bonchev–Trinajstić information content (AvgIpc) is 2.70. The summed E-state index contributed by atoms with van der Waals surface area (Å²) in [7, 11) is 1.55. The van der Waals surface area contributed by atoms with Gasteiger partial charge in [0.25, 0.3) is 0 Å². The normalized spacial score (nSPS) is 11.0. The fraction of sp³-hybridized carbons (Fsp3) is 0.0476. The SMILES string of the molecule is COc1ccccc1ON=C(C(=O)c1ccccc1)c1ccccc1. The third-order valence-corrected chi connectivity index (χ3v) is 3.60. The summed E-state index contributed by atoms with van der Waals surface area (Å²) in [6, 6.07) is 25.4. The highest BCUT2D eigenvalue weighted by Gasteiger charge is 2.17. The van der Waals surface area contributed by atoms with Crippen molar-refractivity contribution >= 4 is 11.5 Å². The molecule has 0 radical (unpaired) electrons. The Morgan fingerprint density at radius 1 is 0.720 bits per heavy atom. The number of rotatable bonds is 6. The van der Waals surface area contributed by atoms with Gasteiger partial charge in [-0.25, -0.2) is 0 Å². The Bertz CT molecular complexity index is 874. The summed E-state index contributed by atoms with van der Waals surface area (Å²) in [4.78, 5) is 18.4. The molecule has 0 aliphatic heterocycles. The Kier molecular flexibility index (Phi) is 5.22. The minimum Gasteiger partial charge on any atom is -0.493 e. The van der Waals surface area contributed by atoms with Crippen molar-refractivity contribution in [3.05, 3.63) is 96.1 Å². The molecule has 0 aliphatic rings. The molecule has 124 valence electrons. The lowest BCUT2D eigenvalue weighted by molar-refractivity contribution is 0.106. The maximum atomic E-state index is 12.9. The van der Waals surface area contributed by atoms with Crippen LogP contribution in [0.4, 0.5) is 0 Å². The van der Waals surface area contributed by atoms with E-state index >= 15 is 0 Å². The van der Waals surface area contributed by atoms with Crippen molar-refractivity contribution in [2.45, 2.75) is 0 Å². The molecular formula is C21H17NO3. The van der Waals surface area contributed by atoms with Crippen LogP contribution in [0, 0.1) is 0 Å². The number of hydrogen-bond acceptors (Lipinski definition) is 4. The first kappa shape index (κ1) is 16.5. The summed E-state index contributed by atoms with van der Waals surface area (Å²) in [5, 5.41) is 4.14. The molecule has 0 saturated carbocycles. The summed E-state index contributed by atoms with van der Waals surface area (Å²) in [6.07, 6.45) is 0. The molecule has 0 heterocycles. The van der Waals surface area contributed by atoms with Crippen LogP contribution < -0.4 is 9.57 Å². The number of benzene rings is 3. The number of Topliss-reactive ketones (excluding diaryl/α,β-unsaturated/α-hetero) is 1. The molecule has 0 amide bonds. The lowest BCUT2D eigenvalue weighted by Crippen LogP contribution is -2.17. The summed E-state index contributed by atoms with van der Waals surface area (Å²) in [6.45, 7) is 0. The molecule has 4 heteroatoms. The molecule has 25 heavy (non-hydrogen) atoms. The van der Waals surface area contributed by atoms with Gasteiger partial charge in [-0.05, 0) is 12.1 Å². The number of para-hydroxylation sites is 2. The van der Waals surface area contributed by atoms with Crippen LogP contribution in [0.15, 0.2) is 90.1 Å². The van der Waals surface area contributed by atoms with E-state index < -0.39 is 0 Å². The zero-order valence-corrected chi connectivity index (χ0v) is 13.8. The van der Waals surface area contributed by atoms with Gasteiger partial charge in [-0.2, -0.15) is 0 Å². The highest BCUT2D eigenvalue weighted by atomic mass is 16.6. The molecule has 0 unspecified atom stereocenters. The number of ether oxygens (including phenoxy) is 1. The smallest absolute Gasteiger partial charge is 0.215 e. The molecule has 3 aromatic rings. The molecule has 0 aromatic heterocycles. The molecule has 3 aromatic carbocycles. The highest BCUT2D eigenvalue weighted by molar-refractivity contribution is 6.51. The van der Waals surface area contributed by atoms with Gasteiger partial charge in [-0.1, -0.05) is 78.0 Å². The Morgan fingerprint density at radius 3 is 1.84 bits per heavy atom. The van der Waals surface area contributed by atoms with Gasteiger partial charge >= 0.3 is 0 Å². The monoisotopic (exact) mass is 331 g/mol. The van der Waals surface area contributed by atoms with Crippen molar-refractivity contribution in [3.63, 3.8) is 0 Å². The Labute approximate surface area is 146 Å². The Hall–Kier alpha value is -3.40. The number of hydrogen-bond donors (Lipinski definition) is 0. The van der Waals surface area contributed by atoms with Crippen LogP contribution in [0.1, 0.15) is 15.9 Å². The summed E-state index contributed by atoms with van der Waals surface area (Å²) in [5.41, 5.74) is 1.47. The van der Waals surface area contributed by atoms with E-state index in [1.165, 1.54) is 0 Å². The summed E-state index contributed by atoms with van der Waals surface area (Å²) in [5.74, 6) is 0.784. The highest BCUT2D eigenvalue weighted by Crippen LogP contribution is 2.26. The number of carbonyl (C=O) groups is 1. The fourth-order valence-electron chi connectivity index (χ4n) is 2.34. The second-order valence-electron chi connectivity index (χ2n) is 5.24. The van der Waals surface area contributed by atoms with Crippen molar-refractivity contribution in [3.8, 4) is 11.5 Å². The van der Waals surface area contributed by atoms with E-state index in [2.05, 4.69) is 5.16 Å². The number of methoxy groups -OCH3 is 1. The van der Waals surface area contributed by atoms with Gasteiger partial charge in [0.05, 0.1) is 7.11 Å². The van der Waals surface area contributed by atoms with Crippen molar-refractivity contribution in [1.29, 1.82) is 0 Å². The first-order valence-corrected chi connectivity index (χ1v) is 7.83. The minimum atomic E-state index is -0.207. The quantitative estimate of drug-likeness (QED) is 0.383. The van der Waals surface area contributed by atoms with E-state index in [0.717, 1.165) is 0 Å². The Balaban J connectivity index is 1.98. The van der Waals surface area contributed by atoms with E-state index in [0.29, 0.717) is 22.6 Å². The number of carbonyl (C=O) groups excluding carboxylic acids is 1. The van der Waals surface area contributed by atoms with Crippen molar-refractivity contribution in [1.82, 2.24) is 0 Å². The van der Waals surface area contributed by atoms with E-state index in [9.17, 15) is 4.79 Å². The number of ketones is 1. The molecule has 3 rings (SSSR count). The molecule has 0 atom stereocenters. The molecule has 0 bridgehead atoms. The predicted octanol–water partition coefficient (Wildman–Crippen LogP) is 4.36. The van der Waals surface area contributed by atoms with E-state index in [1.54, 1.807) is 31.4 Å². The molecule has 0 spiro atoms. The van der Waals surface area contributed by atoms with E-state index in [1.807, 2.05) is 60.7 Å². The molecule has 0 fully saturated rings. The minimum absolute atomic E-state index is 0.207. The van der Waals surface area contributed by atoms with Crippen LogP contribution in [0.5, 0.6) is 11.5 Å². The Morgan fingerprint density at radius 2 is 1.24 bits per heavy atom. The van der Waals surface area contributed by atoms with Gasteiger partial charge in [0.2, 0.25) is 5.78 Å². The third kappa shape index (κ3) is 3.93. The molecule has 4 nitrogen and oxygen atoms in total. The summed E-state index contributed by atoms with van der Waals surface area (Å²) >= 11 is 0. The van der Waals surface area contributed by atoms with E-state index in [4.69, 9.17) is 9.57 Å². The van der Waals surface area contributed by atoms with Crippen molar-refractivity contribution < 1.29 is 14.4 Å². The summed E-state index contributed by atoms with van der Waals surface area (Å²) < 4.78 is 5.25. The second-order valence-corrected chi connectivity index (χ2v) is 5.24. The standard InChI is InChI=1S/C21H17NO3/c1-24-18-14-8-9-15-19(18)25-22-20(16-10-4-2-5-11-16)21(23)17-12-6-3-7-13-17/h2-15H,1H3. The molecule has 0 saturated heterocycles. The van der Waals surface area contributed by atoms with Crippen LogP contribution in [-0.2, 0) is 0 Å². The van der Waals surface area contributed by atoms with Crippen molar-refractivity contribution in [2.24, 2.45) is 5.16 Å². The van der Waals surface area contributed by atoms with Crippen LogP contribution in [0.2, 0.25) is 0 Å². The van der Waals surface area contributed by atoms with Crippen LogP contribution in [0.3, 0.4) is 0 Å². The van der Waals surface area contributed by atoms with Crippen LogP contribution in [0.25, 0.3) is 0 Å². The van der Waals surface area contributed by atoms with Gasteiger partial charge in [0.15, 0.2) is 17.2 Å². The fourth-order valence-corrected chi connectivity index (χ4v) is 2.34.